The van der Waals surface area contributed by atoms with E-state index in [2.05, 4.69) is 17.4 Å². The van der Waals surface area contributed by atoms with Crippen molar-refractivity contribution in [3.8, 4) is 0 Å². The van der Waals surface area contributed by atoms with E-state index in [0.29, 0.717) is 13.2 Å². The number of hydrogen-bond acceptors (Lipinski definition) is 2. The molecule has 1 aromatic carbocycles. The Bertz CT molecular complexity index is 396. The molecular formula is C16H23NO2. The molecule has 1 saturated carbocycles. The molecule has 1 aliphatic rings. The van der Waals surface area contributed by atoms with Crippen molar-refractivity contribution in [3.63, 3.8) is 0 Å². The van der Waals surface area contributed by atoms with Crippen LogP contribution in [0.25, 0.3) is 0 Å². The maximum absolute atomic E-state index is 12.6. The van der Waals surface area contributed by atoms with Gasteiger partial charge in [-0.3, -0.25) is 4.79 Å². The van der Waals surface area contributed by atoms with Crippen molar-refractivity contribution in [2.75, 3.05) is 20.3 Å². The van der Waals surface area contributed by atoms with Crippen LogP contribution in [0, 0.1) is 0 Å². The van der Waals surface area contributed by atoms with Crippen LogP contribution in [0.3, 0.4) is 0 Å². The molecule has 0 aliphatic heterocycles. The summed E-state index contributed by atoms with van der Waals surface area (Å²) in [7, 11) is 1.65. The van der Waals surface area contributed by atoms with Gasteiger partial charge in [0.05, 0.1) is 12.0 Å². The molecule has 0 spiro atoms. The first-order valence-electron chi connectivity index (χ1n) is 7.12. The number of carbonyl (C=O) groups excluding carboxylic acids is 1. The summed E-state index contributed by atoms with van der Waals surface area (Å²) >= 11 is 0. The Labute approximate surface area is 115 Å². The quantitative estimate of drug-likeness (QED) is 0.828. The highest BCUT2D eigenvalue weighted by Gasteiger charge is 2.40. The van der Waals surface area contributed by atoms with Gasteiger partial charge in [0.15, 0.2) is 0 Å². The number of benzene rings is 1. The molecule has 3 nitrogen and oxygen atoms in total. The SMILES string of the molecule is COCCNC(=O)C1(c2ccccc2)CCCCC1. The van der Waals surface area contributed by atoms with Gasteiger partial charge < -0.3 is 10.1 Å². The van der Waals surface area contributed by atoms with E-state index in [9.17, 15) is 4.79 Å². The van der Waals surface area contributed by atoms with Crippen LogP contribution < -0.4 is 5.32 Å². The Hall–Kier alpha value is -1.35. The van der Waals surface area contributed by atoms with E-state index in [4.69, 9.17) is 4.74 Å². The third kappa shape index (κ3) is 3.16. The lowest BCUT2D eigenvalue weighted by molar-refractivity contribution is -0.128. The molecule has 0 saturated heterocycles. The number of ether oxygens (including phenoxy) is 1. The first-order chi connectivity index (χ1) is 9.29. The standard InChI is InChI=1S/C16H23NO2/c1-19-13-12-17-15(18)16(10-6-3-7-11-16)14-8-4-2-5-9-14/h2,4-5,8-9H,3,6-7,10-13H2,1H3,(H,17,18). The summed E-state index contributed by atoms with van der Waals surface area (Å²) in [6.45, 7) is 1.15. The molecule has 0 radical (unpaired) electrons. The molecule has 1 amide bonds. The van der Waals surface area contributed by atoms with Crippen LogP contribution in [0.4, 0.5) is 0 Å². The molecular weight excluding hydrogens is 238 g/mol. The highest BCUT2D eigenvalue weighted by molar-refractivity contribution is 5.88. The number of hydrogen-bond donors (Lipinski definition) is 1. The smallest absolute Gasteiger partial charge is 0.230 e. The minimum Gasteiger partial charge on any atom is -0.383 e. The molecule has 1 fully saturated rings. The fourth-order valence-electron chi connectivity index (χ4n) is 3.00. The molecule has 3 heteroatoms. The zero-order chi connectivity index (χ0) is 13.6. The summed E-state index contributed by atoms with van der Waals surface area (Å²) in [5.41, 5.74) is 0.831. The molecule has 19 heavy (non-hydrogen) atoms. The number of methoxy groups -OCH3 is 1. The molecule has 0 unspecified atom stereocenters. The van der Waals surface area contributed by atoms with Gasteiger partial charge in [-0.15, -0.1) is 0 Å². The van der Waals surface area contributed by atoms with Crippen LogP contribution in [0.5, 0.6) is 0 Å². The number of rotatable bonds is 5. The summed E-state index contributed by atoms with van der Waals surface area (Å²) in [5.74, 6) is 0.162. The van der Waals surface area contributed by atoms with Gasteiger partial charge in [0.25, 0.3) is 0 Å². The van der Waals surface area contributed by atoms with Crippen molar-refractivity contribution in [3.05, 3.63) is 35.9 Å². The van der Waals surface area contributed by atoms with E-state index in [0.717, 1.165) is 31.2 Å². The average Bonchev–Trinajstić information content (AvgIpc) is 2.49. The van der Waals surface area contributed by atoms with Gasteiger partial charge in [0.1, 0.15) is 0 Å². The summed E-state index contributed by atoms with van der Waals surface area (Å²) in [6.07, 6.45) is 5.41. The van der Waals surface area contributed by atoms with E-state index < -0.39 is 0 Å². The van der Waals surface area contributed by atoms with Gasteiger partial charge in [-0.25, -0.2) is 0 Å². The first kappa shape index (κ1) is 14.1. The van der Waals surface area contributed by atoms with Crippen LogP contribution >= 0.6 is 0 Å². The molecule has 0 heterocycles. The third-order valence-electron chi connectivity index (χ3n) is 4.06. The minimum atomic E-state index is -0.326. The van der Waals surface area contributed by atoms with Crippen molar-refractivity contribution in [2.45, 2.75) is 37.5 Å². The van der Waals surface area contributed by atoms with Crippen molar-refractivity contribution < 1.29 is 9.53 Å². The molecule has 1 aliphatic carbocycles. The largest absolute Gasteiger partial charge is 0.383 e. The highest BCUT2D eigenvalue weighted by Crippen LogP contribution is 2.39. The van der Waals surface area contributed by atoms with Crippen molar-refractivity contribution in [1.29, 1.82) is 0 Å². The van der Waals surface area contributed by atoms with E-state index in [1.807, 2.05) is 18.2 Å². The Balaban J connectivity index is 2.17. The second-order valence-corrected chi connectivity index (χ2v) is 5.26. The lowest BCUT2D eigenvalue weighted by Gasteiger charge is -2.36. The van der Waals surface area contributed by atoms with E-state index in [1.165, 1.54) is 6.42 Å². The van der Waals surface area contributed by atoms with E-state index in [-0.39, 0.29) is 11.3 Å². The zero-order valence-electron chi connectivity index (χ0n) is 11.7. The van der Waals surface area contributed by atoms with Gasteiger partial charge in [-0.2, -0.15) is 0 Å². The molecule has 104 valence electrons. The van der Waals surface area contributed by atoms with E-state index in [1.54, 1.807) is 7.11 Å². The highest BCUT2D eigenvalue weighted by atomic mass is 16.5. The fraction of sp³-hybridized carbons (Fsp3) is 0.562. The summed E-state index contributed by atoms with van der Waals surface area (Å²) in [4.78, 5) is 12.6. The minimum absolute atomic E-state index is 0.162. The number of nitrogens with one attached hydrogen (secondary N) is 1. The molecule has 0 bridgehead atoms. The predicted molar refractivity (Wildman–Crippen MR) is 76.1 cm³/mol. The molecule has 1 aromatic rings. The van der Waals surface area contributed by atoms with Gasteiger partial charge in [-0.1, -0.05) is 49.6 Å². The molecule has 0 atom stereocenters. The maximum Gasteiger partial charge on any atom is 0.230 e. The lowest BCUT2D eigenvalue weighted by atomic mass is 9.68. The maximum atomic E-state index is 12.6. The van der Waals surface area contributed by atoms with Gasteiger partial charge in [0.2, 0.25) is 5.91 Å². The topological polar surface area (TPSA) is 38.3 Å². The summed E-state index contributed by atoms with van der Waals surface area (Å²) in [5, 5.41) is 3.03. The van der Waals surface area contributed by atoms with Crippen LogP contribution in [-0.2, 0) is 14.9 Å². The molecule has 0 aromatic heterocycles. The van der Waals surface area contributed by atoms with Crippen LogP contribution in [0.1, 0.15) is 37.7 Å². The Morgan fingerprint density at radius 2 is 1.89 bits per heavy atom. The summed E-state index contributed by atoms with van der Waals surface area (Å²) in [6, 6.07) is 10.2. The van der Waals surface area contributed by atoms with Crippen LogP contribution in [-0.4, -0.2) is 26.2 Å². The molecule has 1 N–H and O–H groups in total. The van der Waals surface area contributed by atoms with E-state index >= 15 is 0 Å². The average molecular weight is 261 g/mol. The second-order valence-electron chi connectivity index (χ2n) is 5.26. The van der Waals surface area contributed by atoms with Crippen molar-refractivity contribution in [1.82, 2.24) is 5.32 Å². The number of carbonyl (C=O) groups is 1. The van der Waals surface area contributed by atoms with Crippen LogP contribution in [0.15, 0.2) is 30.3 Å². The second kappa shape index (κ2) is 6.71. The Morgan fingerprint density at radius 3 is 2.53 bits per heavy atom. The Kier molecular flexibility index (Phi) is 4.97. The van der Waals surface area contributed by atoms with Gasteiger partial charge in [0, 0.05) is 13.7 Å². The summed E-state index contributed by atoms with van der Waals surface area (Å²) < 4.78 is 5.00. The van der Waals surface area contributed by atoms with Gasteiger partial charge >= 0.3 is 0 Å². The van der Waals surface area contributed by atoms with Gasteiger partial charge in [-0.05, 0) is 18.4 Å². The first-order valence-corrected chi connectivity index (χ1v) is 7.12. The Morgan fingerprint density at radius 1 is 1.21 bits per heavy atom. The van der Waals surface area contributed by atoms with Crippen molar-refractivity contribution in [2.24, 2.45) is 0 Å². The normalized spacial score (nSPS) is 17.9. The van der Waals surface area contributed by atoms with Crippen molar-refractivity contribution >= 4 is 5.91 Å². The monoisotopic (exact) mass is 261 g/mol. The number of amides is 1. The van der Waals surface area contributed by atoms with Crippen LogP contribution in [0.2, 0.25) is 0 Å². The fourth-order valence-corrected chi connectivity index (χ4v) is 3.00. The predicted octanol–water partition coefficient (Wildman–Crippen LogP) is 2.65. The zero-order valence-corrected chi connectivity index (χ0v) is 11.7. The molecule has 2 rings (SSSR count). The third-order valence-corrected chi connectivity index (χ3v) is 4.06. The lowest BCUT2D eigenvalue weighted by Crippen LogP contribution is -2.46.